The van der Waals surface area contributed by atoms with E-state index < -0.39 is 0 Å². The molecule has 0 spiro atoms. The number of hydrogen-bond acceptors (Lipinski definition) is 5. The van der Waals surface area contributed by atoms with Gasteiger partial charge in [0.2, 0.25) is 5.88 Å². The number of aliphatic hydroxyl groups is 1. The van der Waals surface area contributed by atoms with Gasteiger partial charge in [0.05, 0.1) is 18.4 Å². The zero-order valence-electron chi connectivity index (χ0n) is 11.0. The number of nitrogens with zero attached hydrogens (tertiary/aromatic N) is 2. The van der Waals surface area contributed by atoms with Crippen LogP contribution in [-0.2, 0) is 0 Å². The molecule has 0 radical (unpaired) electrons. The minimum Gasteiger partial charge on any atom is -0.476 e. The molecule has 0 aromatic carbocycles. The van der Waals surface area contributed by atoms with E-state index in [1.807, 2.05) is 13.0 Å². The average molecular weight is 251 g/mol. The highest BCUT2D eigenvalue weighted by atomic mass is 16.5. The van der Waals surface area contributed by atoms with E-state index in [0.29, 0.717) is 30.6 Å². The normalized spacial score (nSPS) is 24.1. The fourth-order valence-corrected chi connectivity index (χ4v) is 2.13. The number of anilines is 2. The summed E-state index contributed by atoms with van der Waals surface area (Å²) in [6, 6.07) is 3.68. The van der Waals surface area contributed by atoms with Gasteiger partial charge in [0.25, 0.3) is 0 Å². The molecule has 1 fully saturated rings. The number of pyridine rings is 1. The van der Waals surface area contributed by atoms with Gasteiger partial charge in [0.15, 0.2) is 0 Å². The molecule has 2 heterocycles. The van der Waals surface area contributed by atoms with Gasteiger partial charge >= 0.3 is 0 Å². The molecule has 100 valence electrons. The first kappa shape index (κ1) is 13.0. The van der Waals surface area contributed by atoms with E-state index >= 15 is 0 Å². The van der Waals surface area contributed by atoms with Crippen LogP contribution < -0.4 is 15.4 Å². The molecule has 3 N–H and O–H groups in total. The van der Waals surface area contributed by atoms with E-state index in [-0.39, 0.29) is 6.10 Å². The molecule has 1 saturated heterocycles. The van der Waals surface area contributed by atoms with E-state index in [0.717, 1.165) is 18.8 Å². The van der Waals surface area contributed by atoms with Crippen LogP contribution in [0, 0.1) is 5.92 Å². The topological polar surface area (TPSA) is 71.6 Å². The third kappa shape index (κ3) is 2.67. The maximum absolute atomic E-state index is 9.91. The van der Waals surface area contributed by atoms with Crippen LogP contribution in [0.4, 0.5) is 11.5 Å². The van der Waals surface area contributed by atoms with Crippen LogP contribution >= 0.6 is 0 Å². The second-order valence-corrected chi connectivity index (χ2v) is 4.78. The summed E-state index contributed by atoms with van der Waals surface area (Å²) >= 11 is 0. The van der Waals surface area contributed by atoms with E-state index in [9.17, 15) is 5.11 Å². The standard InChI is InChI=1S/C13H21N3O2/c1-3-18-13-10(14)4-5-12(15-13)16-7-6-9(2)11(17)8-16/h4-5,9,11,17H,3,6-8,14H2,1-2H3. The summed E-state index contributed by atoms with van der Waals surface area (Å²) in [6.07, 6.45) is 0.672. The lowest BCUT2D eigenvalue weighted by atomic mass is 9.96. The fraction of sp³-hybridized carbons (Fsp3) is 0.615. The zero-order valence-corrected chi connectivity index (χ0v) is 11.0. The molecule has 2 rings (SSSR count). The summed E-state index contributed by atoms with van der Waals surface area (Å²) in [5.74, 6) is 1.64. The molecule has 5 heteroatoms. The molecule has 1 aromatic rings. The summed E-state index contributed by atoms with van der Waals surface area (Å²) in [5, 5.41) is 9.91. The van der Waals surface area contributed by atoms with Gasteiger partial charge in [0, 0.05) is 13.1 Å². The van der Waals surface area contributed by atoms with Gasteiger partial charge in [-0.15, -0.1) is 0 Å². The Morgan fingerprint density at radius 1 is 1.56 bits per heavy atom. The summed E-state index contributed by atoms with van der Waals surface area (Å²) < 4.78 is 5.39. The van der Waals surface area contributed by atoms with Crippen LogP contribution in [0.2, 0.25) is 0 Å². The second kappa shape index (κ2) is 5.44. The number of ether oxygens (including phenoxy) is 1. The van der Waals surface area contributed by atoms with Crippen molar-refractivity contribution in [1.82, 2.24) is 4.98 Å². The van der Waals surface area contributed by atoms with E-state index in [2.05, 4.69) is 16.8 Å². The van der Waals surface area contributed by atoms with Crippen molar-refractivity contribution in [3.8, 4) is 5.88 Å². The minimum atomic E-state index is -0.298. The Kier molecular flexibility index (Phi) is 3.91. The van der Waals surface area contributed by atoms with Crippen molar-refractivity contribution in [2.45, 2.75) is 26.4 Å². The molecule has 2 atom stereocenters. The van der Waals surface area contributed by atoms with Crippen LogP contribution in [-0.4, -0.2) is 35.9 Å². The van der Waals surface area contributed by atoms with E-state index in [1.165, 1.54) is 0 Å². The highest BCUT2D eigenvalue weighted by molar-refractivity contribution is 5.54. The largest absolute Gasteiger partial charge is 0.476 e. The molecule has 0 amide bonds. The number of aromatic nitrogens is 1. The van der Waals surface area contributed by atoms with Crippen molar-refractivity contribution in [3.63, 3.8) is 0 Å². The average Bonchev–Trinajstić information content (AvgIpc) is 2.36. The lowest BCUT2D eigenvalue weighted by Crippen LogP contribution is -2.43. The molecule has 0 bridgehead atoms. The lowest BCUT2D eigenvalue weighted by molar-refractivity contribution is 0.102. The van der Waals surface area contributed by atoms with Gasteiger partial charge in [-0.3, -0.25) is 0 Å². The van der Waals surface area contributed by atoms with Crippen molar-refractivity contribution in [2.24, 2.45) is 5.92 Å². The van der Waals surface area contributed by atoms with E-state index in [4.69, 9.17) is 10.5 Å². The van der Waals surface area contributed by atoms with Gasteiger partial charge < -0.3 is 20.5 Å². The smallest absolute Gasteiger partial charge is 0.239 e. The molecular weight excluding hydrogens is 230 g/mol. The Labute approximate surface area is 108 Å². The molecule has 5 nitrogen and oxygen atoms in total. The maximum atomic E-state index is 9.91. The van der Waals surface area contributed by atoms with Gasteiger partial charge in [-0.05, 0) is 31.4 Å². The molecule has 1 aliphatic rings. The minimum absolute atomic E-state index is 0.298. The van der Waals surface area contributed by atoms with Crippen LogP contribution in [0.3, 0.4) is 0 Å². The third-order valence-electron chi connectivity index (χ3n) is 3.40. The van der Waals surface area contributed by atoms with Crippen molar-refractivity contribution in [3.05, 3.63) is 12.1 Å². The Morgan fingerprint density at radius 3 is 3.00 bits per heavy atom. The predicted octanol–water partition coefficient (Wildman–Crippen LogP) is 1.27. The molecule has 1 aromatic heterocycles. The Balaban J connectivity index is 2.15. The summed E-state index contributed by atoms with van der Waals surface area (Å²) in [5.41, 5.74) is 6.35. The van der Waals surface area contributed by atoms with Gasteiger partial charge in [-0.2, -0.15) is 4.98 Å². The number of hydrogen-bond donors (Lipinski definition) is 2. The quantitative estimate of drug-likeness (QED) is 0.846. The molecule has 2 unspecified atom stereocenters. The number of piperidine rings is 1. The first-order valence-electron chi connectivity index (χ1n) is 6.44. The number of β-amino-alcohol motifs (C(OH)–C–C–N with tert-alkyl or cyclic N) is 1. The maximum Gasteiger partial charge on any atom is 0.239 e. The van der Waals surface area contributed by atoms with Crippen LogP contribution in [0.25, 0.3) is 0 Å². The molecule has 1 aliphatic heterocycles. The van der Waals surface area contributed by atoms with Crippen molar-refractivity contribution in [1.29, 1.82) is 0 Å². The van der Waals surface area contributed by atoms with Crippen LogP contribution in [0.15, 0.2) is 12.1 Å². The molecule has 0 saturated carbocycles. The van der Waals surface area contributed by atoms with Gasteiger partial charge in [-0.1, -0.05) is 6.92 Å². The monoisotopic (exact) mass is 251 g/mol. The van der Waals surface area contributed by atoms with Crippen LogP contribution in [0.5, 0.6) is 5.88 Å². The number of rotatable bonds is 3. The SMILES string of the molecule is CCOc1nc(N2CCC(C)C(O)C2)ccc1N. The Bertz CT molecular complexity index is 411. The molecule has 0 aliphatic carbocycles. The lowest BCUT2D eigenvalue weighted by Gasteiger charge is -2.35. The third-order valence-corrected chi connectivity index (χ3v) is 3.40. The summed E-state index contributed by atoms with van der Waals surface area (Å²) in [4.78, 5) is 6.49. The second-order valence-electron chi connectivity index (χ2n) is 4.78. The van der Waals surface area contributed by atoms with E-state index in [1.54, 1.807) is 6.07 Å². The Hall–Kier alpha value is -1.49. The summed E-state index contributed by atoms with van der Waals surface area (Å²) in [7, 11) is 0. The van der Waals surface area contributed by atoms with Crippen molar-refractivity contribution < 1.29 is 9.84 Å². The Morgan fingerprint density at radius 2 is 2.33 bits per heavy atom. The number of aliphatic hydroxyl groups excluding tert-OH is 1. The van der Waals surface area contributed by atoms with Crippen LogP contribution in [0.1, 0.15) is 20.3 Å². The number of nitrogen functional groups attached to an aromatic ring is 1. The van der Waals surface area contributed by atoms with Gasteiger partial charge in [-0.25, -0.2) is 0 Å². The zero-order chi connectivity index (χ0) is 13.1. The van der Waals surface area contributed by atoms with Gasteiger partial charge in [0.1, 0.15) is 5.82 Å². The van der Waals surface area contributed by atoms with Crippen molar-refractivity contribution >= 4 is 11.5 Å². The molecule has 18 heavy (non-hydrogen) atoms. The first-order chi connectivity index (χ1) is 8.61. The first-order valence-corrected chi connectivity index (χ1v) is 6.44. The van der Waals surface area contributed by atoms with Crippen molar-refractivity contribution in [2.75, 3.05) is 30.3 Å². The highest BCUT2D eigenvalue weighted by Gasteiger charge is 2.25. The highest BCUT2D eigenvalue weighted by Crippen LogP contribution is 2.26. The predicted molar refractivity (Wildman–Crippen MR) is 71.8 cm³/mol. The number of nitrogens with two attached hydrogens (primary N) is 1. The fourth-order valence-electron chi connectivity index (χ4n) is 2.13. The molecular formula is C13H21N3O2. The summed E-state index contributed by atoms with van der Waals surface area (Å²) in [6.45, 7) is 6.04.